The molecule has 0 aromatic heterocycles. The molecule has 2 aliphatic rings. The maximum Gasteiger partial charge on any atom is 0.407 e. The lowest BCUT2D eigenvalue weighted by molar-refractivity contribution is 0.149. The third-order valence-corrected chi connectivity index (χ3v) is 2.64. The van der Waals surface area contributed by atoms with Crippen molar-refractivity contribution in [2.45, 2.75) is 6.42 Å². The molecule has 2 fully saturated rings. The number of carbonyl (C=O) groups is 1. The van der Waals surface area contributed by atoms with Gasteiger partial charge in [0.2, 0.25) is 0 Å². The van der Waals surface area contributed by atoms with Gasteiger partial charge in [0.1, 0.15) is 0 Å². The molecule has 4 heteroatoms. The summed E-state index contributed by atoms with van der Waals surface area (Å²) < 4.78 is 0. The summed E-state index contributed by atoms with van der Waals surface area (Å²) in [4.78, 5) is 11.8. The molecule has 0 aromatic rings. The Morgan fingerprint density at radius 2 is 2.55 bits per heavy atom. The Morgan fingerprint density at radius 3 is 2.91 bits per heavy atom. The third kappa shape index (κ3) is 0.709. The van der Waals surface area contributed by atoms with Gasteiger partial charge in [0.25, 0.3) is 0 Å². The number of carboxylic acid groups (broad SMARTS) is 1. The van der Waals surface area contributed by atoms with Crippen LogP contribution in [0, 0.1) is 22.7 Å². The van der Waals surface area contributed by atoms with Crippen LogP contribution in [0.5, 0.6) is 0 Å². The molecule has 58 valence electrons. The van der Waals surface area contributed by atoms with Gasteiger partial charge in [0.05, 0.1) is 11.5 Å². The number of hydrogen-bond donors (Lipinski definition) is 1. The van der Waals surface area contributed by atoms with E-state index in [1.54, 1.807) is 0 Å². The van der Waals surface area contributed by atoms with Gasteiger partial charge in [-0.15, -0.1) is 0 Å². The van der Waals surface area contributed by atoms with Crippen LogP contribution in [0.3, 0.4) is 0 Å². The standard InChI is InChI=1S/C7H8N2O2/c8-3-7-1-5(7)2-9(4-7)6(10)11/h5H,1-2,4H2,(H,10,11)/t5-,7-/m0/s1. The molecule has 0 radical (unpaired) electrons. The van der Waals surface area contributed by atoms with Crippen molar-refractivity contribution in [1.29, 1.82) is 5.26 Å². The lowest BCUT2D eigenvalue weighted by Crippen LogP contribution is -2.29. The molecular weight excluding hydrogens is 144 g/mol. The number of likely N-dealkylation sites (tertiary alicyclic amines) is 1. The fourth-order valence-electron chi connectivity index (χ4n) is 1.80. The van der Waals surface area contributed by atoms with Gasteiger partial charge in [-0.05, 0) is 12.3 Å². The highest BCUT2D eigenvalue weighted by Gasteiger charge is 2.61. The van der Waals surface area contributed by atoms with Crippen LogP contribution in [0.4, 0.5) is 4.79 Å². The molecule has 2 rings (SSSR count). The molecule has 1 aliphatic carbocycles. The number of rotatable bonds is 0. The van der Waals surface area contributed by atoms with E-state index in [0.717, 1.165) is 6.42 Å². The highest BCUT2D eigenvalue weighted by molar-refractivity contribution is 5.66. The van der Waals surface area contributed by atoms with Crippen LogP contribution in [0.1, 0.15) is 6.42 Å². The largest absolute Gasteiger partial charge is 0.465 e. The molecule has 0 aromatic carbocycles. The smallest absolute Gasteiger partial charge is 0.407 e. The normalized spacial score (nSPS) is 39.5. The van der Waals surface area contributed by atoms with Gasteiger partial charge in [-0.2, -0.15) is 5.26 Å². The van der Waals surface area contributed by atoms with E-state index in [1.807, 2.05) is 0 Å². The van der Waals surface area contributed by atoms with Crippen molar-refractivity contribution in [1.82, 2.24) is 4.90 Å². The van der Waals surface area contributed by atoms with Crippen LogP contribution in [0.2, 0.25) is 0 Å². The van der Waals surface area contributed by atoms with Crippen molar-refractivity contribution >= 4 is 6.09 Å². The summed E-state index contributed by atoms with van der Waals surface area (Å²) in [6.07, 6.45) is -0.000347. The minimum Gasteiger partial charge on any atom is -0.465 e. The molecule has 4 nitrogen and oxygen atoms in total. The number of nitrogens with zero attached hydrogens (tertiary/aromatic N) is 2. The minimum atomic E-state index is -0.896. The Hall–Kier alpha value is -1.24. The highest BCUT2D eigenvalue weighted by Crippen LogP contribution is 2.57. The summed E-state index contributed by atoms with van der Waals surface area (Å²) in [7, 11) is 0. The molecule has 0 bridgehead atoms. The van der Waals surface area contributed by atoms with E-state index in [-0.39, 0.29) is 5.41 Å². The number of nitriles is 1. The second kappa shape index (κ2) is 1.67. The van der Waals surface area contributed by atoms with Crippen LogP contribution >= 0.6 is 0 Å². The van der Waals surface area contributed by atoms with Gasteiger partial charge in [-0.3, -0.25) is 0 Å². The van der Waals surface area contributed by atoms with Crippen molar-refractivity contribution in [3.05, 3.63) is 0 Å². The van der Waals surface area contributed by atoms with Crippen LogP contribution in [-0.4, -0.2) is 29.2 Å². The van der Waals surface area contributed by atoms with Crippen LogP contribution < -0.4 is 0 Å². The second-order valence-electron chi connectivity index (χ2n) is 3.33. The Labute approximate surface area is 64.0 Å². The van der Waals surface area contributed by atoms with Crippen LogP contribution in [-0.2, 0) is 0 Å². The number of fused-ring (bicyclic) bond motifs is 1. The fraction of sp³-hybridized carbons (Fsp3) is 0.714. The summed E-state index contributed by atoms with van der Waals surface area (Å²) in [6.45, 7) is 0.979. The van der Waals surface area contributed by atoms with E-state index in [4.69, 9.17) is 10.4 Å². The number of hydrogen-bond acceptors (Lipinski definition) is 2. The zero-order valence-corrected chi connectivity index (χ0v) is 5.95. The number of amides is 1. The molecule has 1 amide bonds. The van der Waals surface area contributed by atoms with Crippen molar-refractivity contribution in [2.24, 2.45) is 11.3 Å². The van der Waals surface area contributed by atoms with Crippen molar-refractivity contribution in [3.63, 3.8) is 0 Å². The van der Waals surface area contributed by atoms with E-state index >= 15 is 0 Å². The molecule has 11 heavy (non-hydrogen) atoms. The Kier molecular flexibility index (Phi) is 0.984. The van der Waals surface area contributed by atoms with Crippen molar-refractivity contribution in [3.8, 4) is 6.07 Å². The van der Waals surface area contributed by atoms with Crippen LogP contribution in [0.15, 0.2) is 0 Å². The Balaban J connectivity index is 2.09. The molecular formula is C7H8N2O2. The van der Waals surface area contributed by atoms with Crippen LogP contribution in [0.25, 0.3) is 0 Å². The molecule has 1 saturated heterocycles. The Morgan fingerprint density at radius 1 is 1.82 bits per heavy atom. The topological polar surface area (TPSA) is 64.3 Å². The first-order valence-corrected chi connectivity index (χ1v) is 3.57. The first-order valence-electron chi connectivity index (χ1n) is 3.57. The average Bonchev–Trinajstić information content (AvgIpc) is 2.55. The van der Waals surface area contributed by atoms with Crippen molar-refractivity contribution in [2.75, 3.05) is 13.1 Å². The first kappa shape index (κ1) is 6.47. The molecule has 1 heterocycles. The summed E-state index contributed by atoms with van der Waals surface area (Å²) in [5, 5.41) is 17.3. The van der Waals surface area contributed by atoms with Gasteiger partial charge in [-0.1, -0.05) is 0 Å². The van der Waals surface area contributed by atoms with Crippen molar-refractivity contribution < 1.29 is 9.90 Å². The molecule has 1 aliphatic heterocycles. The van der Waals surface area contributed by atoms with Gasteiger partial charge in [0.15, 0.2) is 0 Å². The quantitative estimate of drug-likeness (QED) is 0.550. The lowest BCUT2D eigenvalue weighted by Gasteiger charge is -2.13. The molecule has 0 unspecified atom stereocenters. The summed E-state index contributed by atoms with van der Waals surface area (Å²) in [5.41, 5.74) is -0.293. The summed E-state index contributed by atoms with van der Waals surface area (Å²) >= 11 is 0. The van der Waals surface area contributed by atoms with E-state index in [1.165, 1.54) is 4.90 Å². The van der Waals surface area contributed by atoms with E-state index in [2.05, 4.69) is 6.07 Å². The first-order chi connectivity index (χ1) is 5.18. The van der Waals surface area contributed by atoms with Gasteiger partial charge >= 0.3 is 6.09 Å². The average molecular weight is 152 g/mol. The molecule has 0 spiro atoms. The summed E-state index contributed by atoms with van der Waals surface area (Å²) in [5.74, 6) is 0.323. The van der Waals surface area contributed by atoms with Gasteiger partial charge in [-0.25, -0.2) is 4.79 Å². The summed E-state index contributed by atoms with van der Waals surface area (Å²) in [6, 6.07) is 2.19. The highest BCUT2D eigenvalue weighted by atomic mass is 16.4. The van der Waals surface area contributed by atoms with E-state index in [9.17, 15) is 4.79 Å². The lowest BCUT2D eigenvalue weighted by atomic mass is 10.1. The molecule has 1 saturated carbocycles. The monoisotopic (exact) mass is 152 g/mol. The van der Waals surface area contributed by atoms with Gasteiger partial charge < -0.3 is 10.0 Å². The zero-order valence-electron chi connectivity index (χ0n) is 5.95. The fourth-order valence-corrected chi connectivity index (χ4v) is 1.80. The zero-order chi connectivity index (χ0) is 8.06. The SMILES string of the molecule is N#C[C@]12C[C@H]1CN(C(=O)O)C2. The van der Waals surface area contributed by atoms with E-state index in [0.29, 0.717) is 19.0 Å². The molecule has 1 N–H and O–H groups in total. The third-order valence-electron chi connectivity index (χ3n) is 2.64. The van der Waals surface area contributed by atoms with Gasteiger partial charge in [0, 0.05) is 13.1 Å². The Bertz CT molecular complexity index is 258. The predicted molar refractivity (Wildman–Crippen MR) is 35.8 cm³/mol. The maximum atomic E-state index is 10.4. The minimum absolute atomic E-state index is 0.293. The van der Waals surface area contributed by atoms with E-state index < -0.39 is 6.09 Å². The number of piperidine rings is 1. The molecule has 2 atom stereocenters. The predicted octanol–water partition coefficient (Wildman–Crippen LogP) is 0.510. The maximum absolute atomic E-state index is 10.4. The second-order valence-corrected chi connectivity index (χ2v) is 3.33.